The molecule has 0 aliphatic rings. The van der Waals surface area contributed by atoms with Gasteiger partial charge in [0.2, 0.25) is 5.91 Å². The number of carbonyl (C=O) groups is 1. The van der Waals surface area contributed by atoms with Gasteiger partial charge in [-0.15, -0.1) is 24.8 Å². The summed E-state index contributed by atoms with van der Waals surface area (Å²) in [6.07, 6.45) is 3.93. The maximum Gasteiger partial charge on any atom is 0.220 e. The highest BCUT2D eigenvalue weighted by atomic mass is 35.5. The first-order chi connectivity index (χ1) is 10.7. The first-order valence-corrected chi connectivity index (χ1v) is 7.37. The molecule has 1 heterocycles. The van der Waals surface area contributed by atoms with Gasteiger partial charge in [-0.1, -0.05) is 12.1 Å². The smallest absolute Gasteiger partial charge is 0.220 e. The zero-order chi connectivity index (χ0) is 15.8. The third-order valence-corrected chi connectivity index (χ3v) is 3.21. The van der Waals surface area contributed by atoms with Crippen LogP contribution in [-0.2, 0) is 11.2 Å². The van der Waals surface area contributed by atoms with E-state index >= 15 is 0 Å². The molecule has 0 aliphatic heterocycles. The summed E-state index contributed by atoms with van der Waals surface area (Å²) >= 11 is 0. The Balaban J connectivity index is 0.00000264. The van der Waals surface area contributed by atoms with Gasteiger partial charge in [0, 0.05) is 19.4 Å². The fraction of sp³-hybridized carbons (Fsp3) is 0.375. The summed E-state index contributed by atoms with van der Waals surface area (Å²) in [4.78, 5) is 15.7. The lowest BCUT2D eigenvalue weighted by molar-refractivity contribution is -0.121. The molecule has 0 spiro atoms. The van der Waals surface area contributed by atoms with Crippen LogP contribution in [0.2, 0.25) is 0 Å². The van der Waals surface area contributed by atoms with Crippen molar-refractivity contribution in [3.05, 3.63) is 42.2 Å². The molecule has 1 aromatic heterocycles. The van der Waals surface area contributed by atoms with Crippen molar-refractivity contribution < 1.29 is 13.6 Å². The van der Waals surface area contributed by atoms with Gasteiger partial charge >= 0.3 is 0 Å². The van der Waals surface area contributed by atoms with Crippen molar-refractivity contribution in [3.63, 3.8) is 0 Å². The van der Waals surface area contributed by atoms with E-state index in [4.69, 9.17) is 10.2 Å². The predicted octanol–water partition coefficient (Wildman–Crippen LogP) is 3.11. The molecule has 0 saturated carbocycles. The number of nitrogens with one attached hydrogen (secondary N) is 1. The monoisotopic (exact) mass is 377 g/mol. The van der Waals surface area contributed by atoms with Crippen LogP contribution in [0.25, 0.3) is 11.3 Å². The third kappa shape index (κ3) is 6.86. The van der Waals surface area contributed by atoms with Gasteiger partial charge in [-0.2, -0.15) is 0 Å². The molecule has 134 valence electrons. The van der Waals surface area contributed by atoms with Gasteiger partial charge in [0.25, 0.3) is 0 Å². The second kappa shape index (κ2) is 11.8. The zero-order valence-electron chi connectivity index (χ0n) is 13.2. The van der Waals surface area contributed by atoms with E-state index in [2.05, 4.69) is 10.3 Å². The molecule has 2 aromatic rings. The van der Waals surface area contributed by atoms with Crippen LogP contribution >= 0.6 is 24.8 Å². The maximum absolute atomic E-state index is 13.6. The van der Waals surface area contributed by atoms with Crippen molar-refractivity contribution in [2.24, 2.45) is 5.73 Å². The Morgan fingerprint density at radius 2 is 2.00 bits per heavy atom. The molecule has 0 radical (unpaired) electrons. The van der Waals surface area contributed by atoms with E-state index in [0.717, 1.165) is 12.8 Å². The number of aromatic nitrogens is 1. The number of nitrogens with two attached hydrogens (primary N) is 1. The Morgan fingerprint density at radius 1 is 1.25 bits per heavy atom. The van der Waals surface area contributed by atoms with Crippen LogP contribution in [0.4, 0.5) is 4.39 Å². The number of amides is 1. The normalized spacial score (nSPS) is 9.75. The van der Waals surface area contributed by atoms with Crippen LogP contribution in [0.15, 0.2) is 34.9 Å². The summed E-state index contributed by atoms with van der Waals surface area (Å²) in [5.74, 6) is 0.386. The van der Waals surface area contributed by atoms with Gasteiger partial charge in [0.05, 0.1) is 11.8 Å². The highest BCUT2D eigenvalue weighted by molar-refractivity contribution is 5.85. The van der Waals surface area contributed by atoms with Gasteiger partial charge < -0.3 is 15.5 Å². The minimum absolute atomic E-state index is 0. The fourth-order valence-electron chi connectivity index (χ4n) is 2.02. The van der Waals surface area contributed by atoms with Crippen molar-refractivity contribution in [1.29, 1.82) is 0 Å². The topological polar surface area (TPSA) is 81.1 Å². The summed E-state index contributed by atoms with van der Waals surface area (Å²) in [5.41, 5.74) is 5.75. The Kier molecular flexibility index (Phi) is 11.0. The number of halogens is 3. The number of aryl methyl sites for hydroxylation is 1. The summed E-state index contributed by atoms with van der Waals surface area (Å²) in [6, 6.07) is 6.34. The molecule has 0 bridgehead atoms. The summed E-state index contributed by atoms with van der Waals surface area (Å²) in [7, 11) is 0. The molecule has 8 heteroatoms. The lowest BCUT2D eigenvalue weighted by Crippen LogP contribution is -2.25. The predicted molar refractivity (Wildman–Crippen MR) is 96.0 cm³/mol. The number of carbonyl (C=O) groups excluding carboxylic acids is 1. The first-order valence-electron chi connectivity index (χ1n) is 7.37. The SMILES string of the molecule is Cl.Cl.NCCCCNC(=O)CCc1ncc(-c2ccccc2F)o1. The van der Waals surface area contributed by atoms with Crippen LogP contribution in [0, 0.1) is 5.82 Å². The van der Waals surface area contributed by atoms with E-state index in [1.165, 1.54) is 12.3 Å². The van der Waals surface area contributed by atoms with Gasteiger partial charge in [0.15, 0.2) is 11.7 Å². The number of hydrogen-bond donors (Lipinski definition) is 2. The molecule has 0 saturated heterocycles. The quantitative estimate of drug-likeness (QED) is 0.692. The van der Waals surface area contributed by atoms with Gasteiger partial charge in [-0.3, -0.25) is 4.79 Å². The van der Waals surface area contributed by atoms with Crippen molar-refractivity contribution in [2.75, 3.05) is 13.1 Å². The van der Waals surface area contributed by atoms with E-state index in [1.54, 1.807) is 18.2 Å². The van der Waals surface area contributed by atoms with Crippen LogP contribution in [0.3, 0.4) is 0 Å². The summed E-state index contributed by atoms with van der Waals surface area (Å²) < 4.78 is 19.1. The molecule has 1 amide bonds. The number of hydrogen-bond acceptors (Lipinski definition) is 4. The van der Waals surface area contributed by atoms with Gasteiger partial charge in [-0.25, -0.2) is 9.37 Å². The highest BCUT2D eigenvalue weighted by Crippen LogP contribution is 2.23. The molecule has 0 unspecified atom stereocenters. The largest absolute Gasteiger partial charge is 0.441 e. The van der Waals surface area contributed by atoms with Crippen molar-refractivity contribution in [2.45, 2.75) is 25.7 Å². The van der Waals surface area contributed by atoms with E-state index in [9.17, 15) is 9.18 Å². The lowest BCUT2D eigenvalue weighted by atomic mass is 10.2. The number of nitrogens with zero attached hydrogens (tertiary/aromatic N) is 1. The molecular formula is C16H22Cl2FN3O2. The van der Waals surface area contributed by atoms with Crippen molar-refractivity contribution >= 4 is 30.7 Å². The van der Waals surface area contributed by atoms with Crippen LogP contribution in [-0.4, -0.2) is 24.0 Å². The highest BCUT2D eigenvalue weighted by Gasteiger charge is 2.11. The number of rotatable bonds is 8. The Hall–Kier alpha value is -1.63. The second-order valence-corrected chi connectivity index (χ2v) is 4.94. The Bertz CT molecular complexity index is 623. The molecule has 2 rings (SSSR count). The number of unbranched alkanes of at least 4 members (excludes halogenated alkanes) is 1. The molecule has 0 atom stereocenters. The van der Waals surface area contributed by atoms with Crippen LogP contribution in [0.5, 0.6) is 0 Å². The average molecular weight is 378 g/mol. The van der Waals surface area contributed by atoms with Crippen molar-refractivity contribution in [1.82, 2.24) is 10.3 Å². The van der Waals surface area contributed by atoms with E-state index in [1.807, 2.05) is 0 Å². The van der Waals surface area contributed by atoms with E-state index in [-0.39, 0.29) is 36.5 Å². The first kappa shape index (κ1) is 22.4. The molecule has 0 aliphatic carbocycles. The summed E-state index contributed by atoms with van der Waals surface area (Å²) in [5, 5.41) is 2.81. The number of benzene rings is 1. The Morgan fingerprint density at radius 3 is 2.71 bits per heavy atom. The minimum Gasteiger partial charge on any atom is -0.441 e. The minimum atomic E-state index is -0.358. The third-order valence-electron chi connectivity index (χ3n) is 3.21. The zero-order valence-corrected chi connectivity index (χ0v) is 14.8. The molecule has 1 aromatic carbocycles. The molecular weight excluding hydrogens is 356 g/mol. The van der Waals surface area contributed by atoms with E-state index < -0.39 is 0 Å². The molecule has 3 N–H and O–H groups in total. The number of oxazole rings is 1. The fourth-order valence-corrected chi connectivity index (χ4v) is 2.02. The Labute approximate surface area is 153 Å². The summed E-state index contributed by atoms with van der Waals surface area (Å²) in [6.45, 7) is 1.26. The average Bonchev–Trinajstić information content (AvgIpc) is 2.99. The standard InChI is InChI=1S/C16H20FN3O2.2ClH/c17-13-6-2-1-5-12(13)14-11-20-16(22-14)8-7-15(21)19-10-4-3-9-18;;/h1-2,5-6,11H,3-4,7-10,18H2,(H,19,21);2*1H. The van der Waals surface area contributed by atoms with E-state index in [0.29, 0.717) is 43.1 Å². The molecule has 5 nitrogen and oxygen atoms in total. The van der Waals surface area contributed by atoms with Gasteiger partial charge in [-0.05, 0) is 31.5 Å². The second-order valence-electron chi connectivity index (χ2n) is 4.94. The van der Waals surface area contributed by atoms with Gasteiger partial charge in [0.1, 0.15) is 5.82 Å². The molecule has 0 fully saturated rings. The lowest BCUT2D eigenvalue weighted by Gasteiger charge is -2.03. The van der Waals surface area contributed by atoms with Crippen LogP contribution < -0.4 is 11.1 Å². The molecule has 24 heavy (non-hydrogen) atoms. The van der Waals surface area contributed by atoms with Crippen molar-refractivity contribution in [3.8, 4) is 11.3 Å². The maximum atomic E-state index is 13.6. The van der Waals surface area contributed by atoms with Crippen LogP contribution in [0.1, 0.15) is 25.2 Å².